The molecule has 0 radical (unpaired) electrons. The molecule has 0 spiro atoms. The van der Waals surface area contributed by atoms with Crippen molar-refractivity contribution in [2.75, 3.05) is 13.2 Å². The molecule has 9 heteroatoms. The van der Waals surface area contributed by atoms with Crippen molar-refractivity contribution in [3.8, 4) is 5.75 Å². The highest BCUT2D eigenvalue weighted by Crippen LogP contribution is 2.27. The highest BCUT2D eigenvalue weighted by atomic mass is 19.1. The summed E-state index contributed by atoms with van der Waals surface area (Å²) in [6, 6.07) is 12.7. The number of amides is 1. The minimum atomic E-state index is -1.65. The molecule has 5 unspecified atom stereocenters. The minimum Gasteiger partial charge on any atom is -0.461 e. The van der Waals surface area contributed by atoms with Crippen LogP contribution in [-0.4, -0.2) is 70.2 Å². The third kappa shape index (κ3) is 5.13. The van der Waals surface area contributed by atoms with Gasteiger partial charge < -0.3 is 35.2 Å². The molecule has 2 aromatic carbocycles. The highest BCUT2D eigenvalue weighted by molar-refractivity contribution is 5.96. The van der Waals surface area contributed by atoms with Gasteiger partial charge in [0.25, 0.3) is 5.91 Å². The van der Waals surface area contributed by atoms with Crippen molar-refractivity contribution in [2.45, 2.75) is 37.1 Å². The fraction of sp³-hybridized carbons (Fsp3) is 0.381. The molecule has 0 aromatic heterocycles. The second-order valence-corrected chi connectivity index (χ2v) is 6.95. The number of rotatable bonds is 7. The Balaban J connectivity index is 1.70. The fourth-order valence-electron chi connectivity index (χ4n) is 3.13. The fourth-order valence-corrected chi connectivity index (χ4v) is 3.13. The molecule has 162 valence electrons. The van der Waals surface area contributed by atoms with Gasteiger partial charge in [0.05, 0.1) is 12.2 Å². The van der Waals surface area contributed by atoms with Gasteiger partial charge >= 0.3 is 0 Å². The summed E-state index contributed by atoms with van der Waals surface area (Å²) in [7, 11) is 0. The number of hydrogen-bond acceptors (Lipinski definition) is 7. The molecule has 3 rings (SSSR count). The van der Waals surface area contributed by atoms with E-state index in [2.05, 4.69) is 5.32 Å². The lowest BCUT2D eigenvalue weighted by atomic mass is 9.99. The van der Waals surface area contributed by atoms with E-state index in [-0.39, 0.29) is 11.3 Å². The monoisotopic (exact) mass is 421 g/mol. The Kier molecular flexibility index (Phi) is 7.35. The predicted molar refractivity (Wildman–Crippen MR) is 103 cm³/mol. The van der Waals surface area contributed by atoms with Crippen LogP contribution in [0, 0.1) is 5.82 Å². The van der Waals surface area contributed by atoms with Crippen LogP contribution in [0.2, 0.25) is 0 Å². The maximum Gasteiger partial charge on any atom is 0.255 e. The molecule has 1 heterocycles. The van der Waals surface area contributed by atoms with Crippen LogP contribution in [0.5, 0.6) is 5.75 Å². The highest BCUT2D eigenvalue weighted by Gasteiger charge is 2.45. The first-order valence-electron chi connectivity index (χ1n) is 9.49. The number of carbonyl (C=O) groups excluding carboxylic acids is 1. The zero-order valence-electron chi connectivity index (χ0n) is 16.0. The topological polar surface area (TPSA) is 128 Å². The molecule has 5 N–H and O–H groups in total. The Morgan fingerprint density at radius 3 is 2.50 bits per heavy atom. The molecule has 30 heavy (non-hydrogen) atoms. The molecule has 0 aliphatic carbocycles. The van der Waals surface area contributed by atoms with Crippen LogP contribution in [0.15, 0.2) is 48.5 Å². The van der Waals surface area contributed by atoms with Crippen LogP contribution in [0.4, 0.5) is 4.39 Å². The van der Waals surface area contributed by atoms with E-state index >= 15 is 0 Å². The van der Waals surface area contributed by atoms with Crippen LogP contribution >= 0.6 is 0 Å². The lowest BCUT2D eigenvalue weighted by Crippen LogP contribution is -2.60. The summed E-state index contributed by atoms with van der Waals surface area (Å²) < 4.78 is 24.5. The molecule has 8 nitrogen and oxygen atoms in total. The van der Waals surface area contributed by atoms with Gasteiger partial charge in [0.1, 0.15) is 36.0 Å². The molecule has 0 saturated carbocycles. The summed E-state index contributed by atoms with van der Waals surface area (Å²) in [5, 5.41) is 41.8. The van der Waals surface area contributed by atoms with Gasteiger partial charge in [0.15, 0.2) is 0 Å². The first-order chi connectivity index (χ1) is 14.4. The van der Waals surface area contributed by atoms with E-state index in [1.807, 2.05) is 30.3 Å². The largest absolute Gasteiger partial charge is 0.461 e. The van der Waals surface area contributed by atoms with E-state index in [1.165, 1.54) is 6.07 Å². The molecule has 1 fully saturated rings. The average Bonchev–Trinajstić information content (AvgIpc) is 2.75. The number of aliphatic hydroxyl groups is 4. The quantitative estimate of drug-likeness (QED) is 0.425. The molecular formula is C21H24FNO7. The number of halogens is 1. The second kappa shape index (κ2) is 9.96. The van der Waals surface area contributed by atoms with E-state index in [9.17, 15) is 29.6 Å². The zero-order valence-corrected chi connectivity index (χ0v) is 16.0. The number of carbonyl (C=O) groups is 1. The van der Waals surface area contributed by atoms with Crippen molar-refractivity contribution in [3.05, 3.63) is 65.5 Å². The van der Waals surface area contributed by atoms with Crippen LogP contribution in [0.1, 0.15) is 15.9 Å². The van der Waals surface area contributed by atoms with Crippen LogP contribution < -0.4 is 10.1 Å². The average molecular weight is 421 g/mol. The maximum atomic E-state index is 13.8. The smallest absolute Gasteiger partial charge is 0.255 e. The molecule has 2 aromatic rings. The normalized spacial score (nSPS) is 26.2. The third-order valence-electron chi connectivity index (χ3n) is 4.82. The van der Waals surface area contributed by atoms with Gasteiger partial charge in [-0.15, -0.1) is 0 Å². The molecular weight excluding hydrogens is 397 g/mol. The van der Waals surface area contributed by atoms with Gasteiger partial charge in [0.2, 0.25) is 6.29 Å². The Morgan fingerprint density at radius 2 is 1.80 bits per heavy atom. The molecule has 1 aliphatic heterocycles. The molecule has 1 aliphatic rings. The van der Waals surface area contributed by atoms with E-state index < -0.39 is 49.0 Å². The molecule has 5 atom stereocenters. The van der Waals surface area contributed by atoms with Gasteiger partial charge in [-0.1, -0.05) is 30.3 Å². The number of nitrogens with one attached hydrogen (secondary N) is 1. The Labute approximate surface area is 172 Å². The van der Waals surface area contributed by atoms with Crippen molar-refractivity contribution in [1.29, 1.82) is 0 Å². The summed E-state index contributed by atoms with van der Waals surface area (Å²) in [6.45, 7) is -0.320. The summed E-state index contributed by atoms with van der Waals surface area (Å²) >= 11 is 0. The maximum absolute atomic E-state index is 13.8. The van der Waals surface area contributed by atoms with E-state index in [0.717, 1.165) is 17.7 Å². The Morgan fingerprint density at radius 1 is 1.07 bits per heavy atom. The second-order valence-electron chi connectivity index (χ2n) is 6.95. The van der Waals surface area contributed by atoms with Gasteiger partial charge in [0, 0.05) is 6.54 Å². The lowest BCUT2D eigenvalue weighted by Gasteiger charge is -2.39. The molecule has 1 amide bonds. The Hall–Kier alpha value is -2.56. The SMILES string of the molecule is O=C(NCCc1ccccc1)c1cc(F)ccc1OC1OC(CO)C(O)C(O)C1O. The molecule has 1 saturated heterocycles. The van der Waals surface area contributed by atoms with Crippen molar-refractivity contribution < 1.29 is 39.1 Å². The van der Waals surface area contributed by atoms with Crippen LogP contribution in [0.25, 0.3) is 0 Å². The Bertz CT molecular complexity index is 849. The van der Waals surface area contributed by atoms with Gasteiger partial charge in [-0.3, -0.25) is 4.79 Å². The van der Waals surface area contributed by atoms with Crippen molar-refractivity contribution in [3.63, 3.8) is 0 Å². The van der Waals surface area contributed by atoms with Crippen LogP contribution in [-0.2, 0) is 11.2 Å². The molecule has 0 bridgehead atoms. The summed E-state index contributed by atoms with van der Waals surface area (Å²) in [5.74, 6) is -1.34. The van der Waals surface area contributed by atoms with Crippen molar-refractivity contribution >= 4 is 5.91 Å². The van der Waals surface area contributed by atoms with Gasteiger partial charge in [-0.25, -0.2) is 4.39 Å². The first-order valence-corrected chi connectivity index (χ1v) is 9.49. The van der Waals surface area contributed by atoms with Crippen molar-refractivity contribution in [1.82, 2.24) is 5.32 Å². The lowest BCUT2D eigenvalue weighted by molar-refractivity contribution is -0.277. The van der Waals surface area contributed by atoms with E-state index in [0.29, 0.717) is 13.0 Å². The number of hydrogen-bond donors (Lipinski definition) is 5. The predicted octanol–water partition coefficient (Wildman–Crippen LogP) is -0.0231. The van der Waals surface area contributed by atoms with Gasteiger partial charge in [-0.2, -0.15) is 0 Å². The van der Waals surface area contributed by atoms with E-state index in [1.54, 1.807) is 0 Å². The van der Waals surface area contributed by atoms with Crippen LogP contribution in [0.3, 0.4) is 0 Å². The number of aliphatic hydroxyl groups excluding tert-OH is 4. The summed E-state index contributed by atoms with van der Waals surface area (Å²) in [6.07, 6.45) is -6.91. The standard InChI is InChI=1S/C21H24FNO7/c22-13-6-7-15(29-21-19(27)18(26)17(25)16(11-24)30-21)14(10-13)20(28)23-9-8-12-4-2-1-3-5-12/h1-7,10,16-19,21,24-27H,8-9,11H2,(H,23,28). The summed E-state index contributed by atoms with van der Waals surface area (Å²) in [5.41, 5.74) is 0.898. The van der Waals surface area contributed by atoms with E-state index in [4.69, 9.17) is 9.47 Å². The number of benzene rings is 2. The van der Waals surface area contributed by atoms with Gasteiger partial charge in [-0.05, 0) is 30.2 Å². The number of ether oxygens (including phenoxy) is 2. The van der Waals surface area contributed by atoms with Crippen molar-refractivity contribution in [2.24, 2.45) is 0 Å². The third-order valence-corrected chi connectivity index (χ3v) is 4.82. The first kappa shape index (κ1) is 22.1. The minimum absolute atomic E-state index is 0.0852. The summed E-state index contributed by atoms with van der Waals surface area (Å²) in [4.78, 5) is 12.6. The zero-order chi connectivity index (χ0) is 21.7.